The van der Waals surface area contributed by atoms with E-state index in [1.165, 1.54) is 12.4 Å². The number of amides is 1. The Hall–Kier alpha value is -3.17. The second kappa shape index (κ2) is 10.4. The minimum atomic E-state index is -0.551. The van der Waals surface area contributed by atoms with E-state index in [0.29, 0.717) is 40.7 Å². The van der Waals surface area contributed by atoms with Gasteiger partial charge in [-0.3, -0.25) is 9.69 Å². The van der Waals surface area contributed by atoms with E-state index in [0.717, 1.165) is 32.2 Å². The zero-order valence-corrected chi connectivity index (χ0v) is 21.0. The molecule has 2 fully saturated rings. The van der Waals surface area contributed by atoms with E-state index in [2.05, 4.69) is 25.5 Å². The first-order chi connectivity index (χ1) is 17.4. The average Bonchev–Trinajstić information content (AvgIpc) is 2.87. The van der Waals surface area contributed by atoms with E-state index in [-0.39, 0.29) is 28.8 Å². The van der Waals surface area contributed by atoms with Crippen molar-refractivity contribution in [3.05, 3.63) is 47.5 Å². The molecule has 10 heteroatoms. The van der Waals surface area contributed by atoms with Crippen LogP contribution in [0.3, 0.4) is 0 Å². The molecule has 1 saturated carbocycles. The van der Waals surface area contributed by atoms with Crippen LogP contribution >= 0.6 is 11.6 Å². The highest BCUT2D eigenvalue weighted by Gasteiger charge is 2.37. The van der Waals surface area contributed by atoms with Gasteiger partial charge in [-0.1, -0.05) is 17.7 Å². The number of aromatic nitrogens is 2. The molecule has 2 aliphatic rings. The third kappa shape index (κ3) is 4.90. The minimum Gasteiger partial charge on any atom is -0.493 e. The Kier molecular flexibility index (Phi) is 7.11. The summed E-state index contributed by atoms with van der Waals surface area (Å²) in [5.41, 5.74) is 0.852. The molecule has 2 aromatic carbocycles. The quantitative estimate of drug-likeness (QED) is 0.500. The number of hydrogen-bond acceptors (Lipinski definition) is 7. The number of carbonyl (C=O) groups is 1. The van der Waals surface area contributed by atoms with Crippen molar-refractivity contribution in [1.29, 1.82) is 0 Å². The number of carbonyl (C=O) groups excluding carboxylic acids is 1. The molecule has 5 rings (SSSR count). The summed E-state index contributed by atoms with van der Waals surface area (Å²) in [4.78, 5) is 23.3. The van der Waals surface area contributed by atoms with Gasteiger partial charge in [0.15, 0.2) is 17.3 Å². The zero-order chi connectivity index (χ0) is 25.2. The summed E-state index contributed by atoms with van der Waals surface area (Å²) < 4.78 is 26.5. The van der Waals surface area contributed by atoms with Crippen molar-refractivity contribution < 1.29 is 18.7 Å². The van der Waals surface area contributed by atoms with Crippen molar-refractivity contribution in [2.24, 2.45) is 5.92 Å². The maximum Gasteiger partial charge on any atom is 0.237 e. The van der Waals surface area contributed by atoms with Crippen LogP contribution in [0.15, 0.2) is 36.7 Å². The fourth-order valence-electron chi connectivity index (χ4n) is 5.22. The molecule has 1 aliphatic carbocycles. The molecule has 1 aromatic heterocycles. The highest BCUT2D eigenvalue weighted by molar-refractivity contribution is 6.31. The van der Waals surface area contributed by atoms with Crippen molar-refractivity contribution >= 4 is 39.9 Å². The van der Waals surface area contributed by atoms with Gasteiger partial charge >= 0.3 is 0 Å². The smallest absolute Gasteiger partial charge is 0.237 e. The Balaban J connectivity index is 1.35. The molecule has 2 N–H and O–H groups in total. The number of methoxy groups -OCH3 is 1. The van der Waals surface area contributed by atoms with Crippen LogP contribution in [0.5, 0.6) is 11.5 Å². The first-order valence-corrected chi connectivity index (χ1v) is 12.5. The van der Waals surface area contributed by atoms with Gasteiger partial charge in [0.1, 0.15) is 12.1 Å². The topological polar surface area (TPSA) is 88.6 Å². The zero-order valence-electron chi connectivity index (χ0n) is 20.3. The maximum absolute atomic E-state index is 14.5. The Morgan fingerprint density at radius 2 is 1.97 bits per heavy atom. The fraction of sp³-hybridized carbons (Fsp3) is 0.423. The third-order valence-electron chi connectivity index (χ3n) is 7.09. The minimum absolute atomic E-state index is 0.00373. The lowest BCUT2D eigenvalue weighted by Crippen LogP contribution is -2.57. The number of benzene rings is 2. The summed E-state index contributed by atoms with van der Waals surface area (Å²) >= 11 is 5.94. The van der Waals surface area contributed by atoms with E-state index in [4.69, 9.17) is 21.1 Å². The van der Waals surface area contributed by atoms with E-state index in [9.17, 15) is 9.18 Å². The molecule has 1 saturated heterocycles. The third-order valence-corrected chi connectivity index (χ3v) is 7.38. The van der Waals surface area contributed by atoms with Gasteiger partial charge in [-0.25, -0.2) is 14.4 Å². The van der Waals surface area contributed by atoms with Crippen LogP contribution in [-0.2, 0) is 4.79 Å². The standard InChI is InChI=1S/C26H29ClFN5O3/c1-33-11-10-29-26(34)24(33)15-6-8-16(9-7-15)36-22-12-17-20(13-21(22)35-2)30-14-31-25(17)32-19-5-3-4-18(27)23(19)28/h3-5,12-16,24H,6-11H2,1-2H3,(H,29,34)(H,30,31,32). The second-order valence-electron chi connectivity index (χ2n) is 9.34. The van der Waals surface area contributed by atoms with Crippen molar-refractivity contribution in [3.63, 3.8) is 0 Å². The maximum atomic E-state index is 14.5. The first kappa shape index (κ1) is 24.5. The normalized spacial score (nSPS) is 22.8. The van der Waals surface area contributed by atoms with Gasteiger partial charge in [-0.2, -0.15) is 0 Å². The number of likely N-dealkylation sites (N-methyl/N-ethyl adjacent to an activating group) is 1. The highest BCUT2D eigenvalue weighted by Crippen LogP contribution is 2.38. The predicted octanol–water partition coefficient (Wildman–Crippen LogP) is 4.54. The molecule has 0 spiro atoms. The number of anilines is 2. The highest BCUT2D eigenvalue weighted by atomic mass is 35.5. The molecule has 0 radical (unpaired) electrons. The Morgan fingerprint density at radius 1 is 1.17 bits per heavy atom. The number of rotatable bonds is 6. The van der Waals surface area contributed by atoms with Gasteiger partial charge in [-0.05, 0) is 56.8 Å². The van der Waals surface area contributed by atoms with E-state index >= 15 is 0 Å². The second-order valence-corrected chi connectivity index (χ2v) is 9.75. The van der Waals surface area contributed by atoms with Gasteiger partial charge in [0.2, 0.25) is 5.91 Å². The molecule has 1 atom stereocenters. The number of nitrogens with zero attached hydrogens (tertiary/aromatic N) is 3. The molecular formula is C26H29ClFN5O3. The molecular weight excluding hydrogens is 485 g/mol. The average molecular weight is 514 g/mol. The van der Waals surface area contributed by atoms with Crippen molar-refractivity contribution in [1.82, 2.24) is 20.2 Å². The van der Waals surface area contributed by atoms with Gasteiger partial charge in [-0.15, -0.1) is 0 Å². The number of nitrogens with one attached hydrogen (secondary N) is 2. The Morgan fingerprint density at radius 3 is 2.72 bits per heavy atom. The number of fused-ring (bicyclic) bond motifs is 1. The van der Waals surface area contributed by atoms with Crippen LogP contribution in [-0.4, -0.2) is 60.2 Å². The number of hydrogen-bond donors (Lipinski definition) is 2. The molecule has 1 unspecified atom stereocenters. The van der Waals surface area contributed by atoms with Crippen LogP contribution in [0.2, 0.25) is 5.02 Å². The molecule has 0 bridgehead atoms. The van der Waals surface area contributed by atoms with Crippen LogP contribution < -0.4 is 20.1 Å². The summed E-state index contributed by atoms with van der Waals surface area (Å²) in [7, 11) is 3.61. The predicted molar refractivity (Wildman–Crippen MR) is 137 cm³/mol. The van der Waals surface area contributed by atoms with Crippen molar-refractivity contribution in [3.8, 4) is 11.5 Å². The summed E-state index contributed by atoms with van der Waals surface area (Å²) in [6, 6.07) is 8.29. The lowest BCUT2D eigenvalue weighted by molar-refractivity contribution is -0.131. The van der Waals surface area contributed by atoms with Crippen LogP contribution in [0.4, 0.5) is 15.9 Å². The van der Waals surface area contributed by atoms with Crippen LogP contribution in [0.25, 0.3) is 10.9 Å². The van der Waals surface area contributed by atoms with Gasteiger partial charge in [0, 0.05) is 24.5 Å². The number of halogens is 2. The van der Waals surface area contributed by atoms with Crippen LogP contribution in [0.1, 0.15) is 25.7 Å². The van der Waals surface area contributed by atoms with Gasteiger partial charge in [0.05, 0.1) is 35.5 Å². The van der Waals surface area contributed by atoms with E-state index < -0.39 is 5.82 Å². The first-order valence-electron chi connectivity index (χ1n) is 12.1. The molecule has 1 amide bonds. The number of piperazine rings is 1. The summed E-state index contributed by atoms with van der Waals surface area (Å²) in [5, 5.41) is 6.71. The molecule has 1 aliphatic heterocycles. The number of ether oxygens (including phenoxy) is 2. The molecule has 3 aromatic rings. The lowest BCUT2D eigenvalue weighted by Gasteiger charge is -2.40. The Bertz CT molecular complexity index is 1270. The van der Waals surface area contributed by atoms with Crippen molar-refractivity contribution in [2.45, 2.75) is 37.8 Å². The SMILES string of the molecule is COc1cc2ncnc(Nc3cccc(Cl)c3F)c2cc1OC1CCC(C2C(=O)NCCN2C)CC1. The summed E-state index contributed by atoms with van der Waals surface area (Å²) in [5.74, 6) is 1.46. The van der Waals surface area contributed by atoms with Crippen molar-refractivity contribution in [2.75, 3.05) is 32.6 Å². The van der Waals surface area contributed by atoms with Gasteiger partial charge < -0.3 is 20.1 Å². The van der Waals surface area contributed by atoms with Gasteiger partial charge in [0.25, 0.3) is 0 Å². The molecule has 36 heavy (non-hydrogen) atoms. The fourth-order valence-corrected chi connectivity index (χ4v) is 5.39. The van der Waals surface area contributed by atoms with Crippen LogP contribution in [0, 0.1) is 11.7 Å². The van der Waals surface area contributed by atoms with E-state index in [1.54, 1.807) is 25.3 Å². The molecule has 190 valence electrons. The molecule has 2 heterocycles. The lowest BCUT2D eigenvalue weighted by atomic mass is 9.81. The van der Waals surface area contributed by atoms with E-state index in [1.807, 2.05) is 13.1 Å². The summed E-state index contributed by atoms with van der Waals surface area (Å²) in [6.45, 7) is 1.58. The largest absolute Gasteiger partial charge is 0.493 e. The monoisotopic (exact) mass is 513 g/mol. The Labute approximate surface area is 214 Å². The molecule has 8 nitrogen and oxygen atoms in total. The summed E-state index contributed by atoms with van der Waals surface area (Å²) in [6.07, 6.45) is 4.91.